The smallest absolute Gasteiger partial charge is 0.221 e. The Morgan fingerprint density at radius 3 is 2.62 bits per heavy atom. The summed E-state index contributed by atoms with van der Waals surface area (Å²) in [7, 11) is 0. The first-order valence-corrected chi connectivity index (χ1v) is 7.83. The molecule has 0 aliphatic carbocycles. The van der Waals surface area contributed by atoms with Crippen LogP contribution in [0.5, 0.6) is 0 Å². The van der Waals surface area contributed by atoms with Gasteiger partial charge in [-0.15, -0.1) is 24.8 Å². The zero-order chi connectivity index (χ0) is 15.2. The van der Waals surface area contributed by atoms with Crippen LogP contribution in [0.4, 0.5) is 0 Å². The molecule has 1 aromatic heterocycles. The van der Waals surface area contributed by atoms with Crippen molar-refractivity contribution < 1.29 is 4.79 Å². The van der Waals surface area contributed by atoms with Gasteiger partial charge in [0.15, 0.2) is 0 Å². The van der Waals surface area contributed by atoms with E-state index in [0.29, 0.717) is 19.0 Å². The van der Waals surface area contributed by atoms with E-state index in [2.05, 4.69) is 39.9 Å². The van der Waals surface area contributed by atoms with Crippen LogP contribution in [0.1, 0.15) is 30.4 Å². The summed E-state index contributed by atoms with van der Waals surface area (Å²) in [5.74, 6) is 0.127. The van der Waals surface area contributed by atoms with Crippen LogP contribution in [-0.4, -0.2) is 28.0 Å². The van der Waals surface area contributed by atoms with Crippen molar-refractivity contribution >= 4 is 30.7 Å². The molecule has 2 N–H and O–H groups in total. The van der Waals surface area contributed by atoms with Crippen LogP contribution in [0.2, 0.25) is 0 Å². The van der Waals surface area contributed by atoms with Gasteiger partial charge >= 0.3 is 0 Å². The minimum atomic E-state index is 0. The van der Waals surface area contributed by atoms with Gasteiger partial charge in [0.1, 0.15) is 0 Å². The molecule has 3 rings (SSSR count). The number of amides is 1. The lowest BCUT2D eigenvalue weighted by molar-refractivity contribution is -0.121. The molecule has 2 aromatic rings. The van der Waals surface area contributed by atoms with Gasteiger partial charge in [0, 0.05) is 37.9 Å². The average Bonchev–Trinajstić information content (AvgIpc) is 3.20. The molecule has 1 saturated heterocycles. The summed E-state index contributed by atoms with van der Waals surface area (Å²) in [6.07, 6.45) is 8.41. The maximum atomic E-state index is 11.9. The van der Waals surface area contributed by atoms with Gasteiger partial charge in [0.2, 0.25) is 5.91 Å². The predicted octanol–water partition coefficient (Wildman–Crippen LogP) is 2.53. The molecule has 5 nitrogen and oxygen atoms in total. The van der Waals surface area contributed by atoms with Crippen molar-refractivity contribution in [1.82, 2.24) is 20.2 Å². The second-order valence-corrected chi connectivity index (χ2v) is 5.83. The SMILES string of the molecule is Cl.Cl.O=C(CC1CCCN1)NCc1ccc(Cn2ccnc2)cc1. The molecule has 24 heavy (non-hydrogen) atoms. The van der Waals surface area contributed by atoms with E-state index in [4.69, 9.17) is 0 Å². The van der Waals surface area contributed by atoms with Crippen LogP contribution >= 0.6 is 24.8 Å². The average molecular weight is 371 g/mol. The molecule has 132 valence electrons. The summed E-state index contributed by atoms with van der Waals surface area (Å²) in [6, 6.07) is 8.69. The van der Waals surface area contributed by atoms with Crippen LogP contribution in [0.15, 0.2) is 43.0 Å². The lowest BCUT2D eigenvalue weighted by Gasteiger charge is -2.11. The highest BCUT2D eigenvalue weighted by Crippen LogP contribution is 2.09. The molecule has 2 heterocycles. The first kappa shape index (κ1) is 20.5. The van der Waals surface area contributed by atoms with Gasteiger partial charge in [0.25, 0.3) is 0 Å². The van der Waals surface area contributed by atoms with Gasteiger partial charge in [-0.25, -0.2) is 4.98 Å². The zero-order valence-corrected chi connectivity index (χ0v) is 15.1. The van der Waals surface area contributed by atoms with Gasteiger partial charge in [-0.2, -0.15) is 0 Å². The third-order valence-corrected chi connectivity index (χ3v) is 4.03. The summed E-state index contributed by atoms with van der Waals surface area (Å²) < 4.78 is 2.03. The molecular weight excluding hydrogens is 347 g/mol. The molecule has 0 bridgehead atoms. The van der Waals surface area contributed by atoms with Gasteiger partial charge in [-0.05, 0) is 30.5 Å². The van der Waals surface area contributed by atoms with Gasteiger partial charge in [0.05, 0.1) is 6.33 Å². The second-order valence-electron chi connectivity index (χ2n) is 5.83. The minimum absolute atomic E-state index is 0. The van der Waals surface area contributed by atoms with E-state index in [0.717, 1.165) is 25.1 Å². The number of nitrogens with one attached hydrogen (secondary N) is 2. The fourth-order valence-corrected chi connectivity index (χ4v) is 2.78. The number of halogens is 2. The van der Waals surface area contributed by atoms with Crippen molar-refractivity contribution in [3.63, 3.8) is 0 Å². The molecule has 7 heteroatoms. The Morgan fingerprint density at radius 2 is 2.00 bits per heavy atom. The number of carbonyl (C=O) groups is 1. The molecule has 0 radical (unpaired) electrons. The normalized spacial score (nSPS) is 16.1. The largest absolute Gasteiger partial charge is 0.352 e. The van der Waals surface area contributed by atoms with Crippen LogP contribution in [0, 0.1) is 0 Å². The number of nitrogens with zero attached hydrogens (tertiary/aromatic N) is 2. The van der Waals surface area contributed by atoms with Gasteiger partial charge in [-0.1, -0.05) is 24.3 Å². The van der Waals surface area contributed by atoms with Crippen molar-refractivity contribution in [3.05, 3.63) is 54.1 Å². The maximum absolute atomic E-state index is 11.9. The number of imidazole rings is 1. The molecule has 1 aliphatic heterocycles. The Morgan fingerprint density at radius 1 is 1.25 bits per heavy atom. The van der Waals surface area contributed by atoms with E-state index >= 15 is 0 Å². The van der Waals surface area contributed by atoms with Gasteiger partial charge in [-0.3, -0.25) is 4.79 Å². The summed E-state index contributed by atoms with van der Waals surface area (Å²) in [5.41, 5.74) is 2.35. The van der Waals surface area contributed by atoms with E-state index in [1.54, 1.807) is 6.20 Å². The van der Waals surface area contributed by atoms with Crippen molar-refractivity contribution in [1.29, 1.82) is 0 Å². The Kier molecular flexibility index (Phi) is 8.82. The Bertz CT molecular complexity index is 596. The summed E-state index contributed by atoms with van der Waals surface area (Å²) >= 11 is 0. The molecule has 0 saturated carbocycles. The first-order valence-electron chi connectivity index (χ1n) is 7.83. The number of aromatic nitrogens is 2. The molecule has 1 aromatic carbocycles. The zero-order valence-electron chi connectivity index (χ0n) is 13.5. The molecule has 0 spiro atoms. The predicted molar refractivity (Wildman–Crippen MR) is 99.8 cm³/mol. The molecule has 1 atom stereocenters. The van der Waals surface area contributed by atoms with Crippen molar-refractivity contribution in [2.45, 2.75) is 38.4 Å². The summed E-state index contributed by atoms with van der Waals surface area (Å²) in [6.45, 7) is 2.45. The van der Waals surface area contributed by atoms with E-state index in [9.17, 15) is 4.79 Å². The number of carbonyl (C=O) groups excluding carboxylic acids is 1. The van der Waals surface area contributed by atoms with E-state index in [1.165, 1.54) is 12.0 Å². The van der Waals surface area contributed by atoms with Crippen molar-refractivity contribution in [2.75, 3.05) is 6.54 Å². The Labute approximate surface area is 155 Å². The molecule has 1 aliphatic rings. The highest BCUT2D eigenvalue weighted by atomic mass is 35.5. The fourth-order valence-electron chi connectivity index (χ4n) is 2.78. The second kappa shape index (κ2) is 10.3. The quantitative estimate of drug-likeness (QED) is 0.821. The highest BCUT2D eigenvalue weighted by Gasteiger charge is 2.17. The fraction of sp³-hybridized carbons (Fsp3) is 0.412. The number of benzene rings is 1. The summed E-state index contributed by atoms with van der Waals surface area (Å²) in [5, 5.41) is 6.34. The van der Waals surface area contributed by atoms with Gasteiger partial charge < -0.3 is 15.2 Å². The maximum Gasteiger partial charge on any atom is 0.221 e. The monoisotopic (exact) mass is 370 g/mol. The minimum Gasteiger partial charge on any atom is -0.352 e. The molecule has 1 unspecified atom stereocenters. The van der Waals surface area contributed by atoms with Crippen molar-refractivity contribution in [3.8, 4) is 0 Å². The third kappa shape index (κ3) is 6.15. The first-order chi connectivity index (χ1) is 10.8. The number of rotatable bonds is 6. The highest BCUT2D eigenvalue weighted by molar-refractivity contribution is 5.85. The van der Waals surface area contributed by atoms with Crippen molar-refractivity contribution in [2.24, 2.45) is 0 Å². The molecular formula is C17H24Cl2N4O. The third-order valence-electron chi connectivity index (χ3n) is 4.03. The number of hydrogen-bond donors (Lipinski definition) is 2. The Balaban J connectivity index is 0.00000144. The lowest BCUT2D eigenvalue weighted by atomic mass is 10.1. The van der Waals surface area contributed by atoms with Crippen LogP contribution in [-0.2, 0) is 17.9 Å². The lowest BCUT2D eigenvalue weighted by Crippen LogP contribution is -2.31. The van der Waals surface area contributed by atoms with Crippen LogP contribution in [0.3, 0.4) is 0 Å². The van der Waals surface area contributed by atoms with E-state index < -0.39 is 0 Å². The molecule has 1 amide bonds. The Hall–Kier alpha value is -1.56. The summed E-state index contributed by atoms with van der Waals surface area (Å²) in [4.78, 5) is 15.9. The topological polar surface area (TPSA) is 59.0 Å². The van der Waals surface area contributed by atoms with Crippen LogP contribution < -0.4 is 10.6 Å². The standard InChI is InChI=1S/C17H22N4O.2ClH/c22-17(10-16-2-1-7-19-16)20-11-14-3-5-15(6-4-14)12-21-9-8-18-13-21;;/h3-6,8-9,13,16,19H,1-2,7,10-12H2,(H,20,22);2*1H. The van der Waals surface area contributed by atoms with E-state index in [-0.39, 0.29) is 30.7 Å². The number of hydrogen-bond acceptors (Lipinski definition) is 3. The van der Waals surface area contributed by atoms with E-state index in [1.807, 2.05) is 17.1 Å². The van der Waals surface area contributed by atoms with Crippen LogP contribution in [0.25, 0.3) is 0 Å². The molecule has 1 fully saturated rings.